The highest BCUT2D eigenvalue weighted by molar-refractivity contribution is 8.16. The minimum Gasteiger partial charge on any atom is -0.283 e. The number of aryl methyl sites for hydroxylation is 2. The van der Waals surface area contributed by atoms with Crippen molar-refractivity contribution in [2.75, 3.05) is 10.5 Å². The second-order valence-corrected chi connectivity index (χ2v) is 9.89. The van der Waals surface area contributed by atoms with E-state index >= 15 is 0 Å². The summed E-state index contributed by atoms with van der Waals surface area (Å²) < 4.78 is 29.6. The zero-order valence-corrected chi connectivity index (χ0v) is 16.4. The van der Waals surface area contributed by atoms with Gasteiger partial charge in [-0.3, -0.25) is 14.0 Å². The van der Waals surface area contributed by atoms with Crippen molar-refractivity contribution in [1.82, 2.24) is 9.78 Å². The van der Waals surface area contributed by atoms with Crippen molar-refractivity contribution < 1.29 is 8.76 Å². The molecule has 0 saturated heterocycles. The molecule has 3 rings (SSSR count). The summed E-state index contributed by atoms with van der Waals surface area (Å²) in [6.07, 6.45) is 0. The molecule has 26 heavy (non-hydrogen) atoms. The smallest absolute Gasteiger partial charge is 0.0971 e. The number of aromatic nitrogens is 2. The topological polar surface area (TPSA) is 67.2 Å². The first-order chi connectivity index (χ1) is 12.2. The Bertz CT molecular complexity index is 994. The predicted molar refractivity (Wildman–Crippen MR) is 108 cm³/mol. The standard InChI is InChI=1S/C20H25N3O2S/c1-5-26(24,25,22-20-15(2)21-23(4)16(20)3)19-13-11-18(12-14-19)17-9-7-6-8-10-17/h6-14H,5H2,1-4H3,(H2,22,24,25). The van der Waals surface area contributed by atoms with Gasteiger partial charge >= 0.3 is 0 Å². The van der Waals surface area contributed by atoms with E-state index in [2.05, 4.69) is 9.82 Å². The van der Waals surface area contributed by atoms with Crippen LogP contribution in [0.25, 0.3) is 11.1 Å². The summed E-state index contributed by atoms with van der Waals surface area (Å²) in [5, 5.41) is 4.33. The van der Waals surface area contributed by atoms with Crippen molar-refractivity contribution in [3.63, 3.8) is 0 Å². The number of nitrogens with one attached hydrogen (secondary N) is 1. The Morgan fingerprint density at radius 3 is 2.12 bits per heavy atom. The molecule has 1 heterocycles. The Labute approximate surface area is 154 Å². The summed E-state index contributed by atoms with van der Waals surface area (Å²) in [5.74, 6) is 0.0651. The Balaban J connectivity index is 2.02. The first-order valence-corrected chi connectivity index (χ1v) is 10.7. The second-order valence-electron chi connectivity index (χ2n) is 6.51. The van der Waals surface area contributed by atoms with E-state index in [-0.39, 0.29) is 5.75 Å². The largest absolute Gasteiger partial charge is 0.283 e. The molecule has 0 amide bonds. The molecule has 0 aliphatic carbocycles. The van der Waals surface area contributed by atoms with Gasteiger partial charge in [-0.15, -0.1) is 9.53 Å². The molecule has 3 aromatic rings. The van der Waals surface area contributed by atoms with Gasteiger partial charge in [-0.2, -0.15) is 9.31 Å². The van der Waals surface area contributed by atoms with E-state index in [0.717, 1.165) is 16.8 Å². The van der Waals surface area contributed by atoms with Gasteiger partial charge in [0.2, 0.25) is 0 Å². The minimum atomic E-state index is -4.27. The zero-order chi connectivity index (χ0) is 19.0. The van der Waals surface area contributed by atoms with Crippen LogP contribution >= 0.6 is 0 Å². The zero-order valence-electron chi connectivity index (χ0n) is 15.6. The summed E-state index contributed by atoms with van der Waals surface area (Å²) in [5.41, 5.74) is 4.22. The number of hydrogen-bond donors (Lipinski definition) is 2. The van der Waals surface area contributed by atoms with Crippen LogP contribution in [-0.2, 0) is 16.6 Å². The van der Waals surface area contributed by atoms with Crippen LogP contribution in [0.3, 0.4) is 0 Å². The SMILES string of the molecule is CCS(=O)(O)(Nc1c(C)nn(C)c1C)c1ccc(-c2ccccc2)cc1. The molecule has 0 spiro atoms. The Morgan fingerprint density at radius 2 is 1.62 bits per heavy atom. The van der Waals surface area contributed by atoms with E-state index in [1.54, 1.807) is 23.7 Å². The number of hydrogen-bond acceptors (Lipinski definition) is 2. The van der Waals surface area contributed by atoms with Crippen molar-refractivity contribution in [2.45, 2.75) is 25.7 Å². The first kappa shape index (κ1) is 18.4. The fraction of sp³-hybridized carbons (Fsp3) is 0.250. The molecule has 0 saturated carbocycles. The van der Waals surface area contributed by atoms with Gasteiger partial charge in [0.1, 0.15) is 0 Å². The van der Waals surface area contributed by atoms with Gasteiger partial charge in [0, 0.05) is 7.05 Å². The third kappa shape index (κ3) is 3.18. The van der Waals surface area contributed by atoms with Gasteiger partial charge in [0.05, 0.1) is 27.7 Å². The van der Waals surface area contributed by atoms with Crippen molar-refractivity contribution in [2.24, 2.45) is 7.05 Å². The molecule has 0 bridgehead atoms. The highest BCUT2D eigenvalue weighted by Crippen LogP contribution is 2.36. The van der Waals surface area contributed by atoms with Gasteiger partial charge in [0.25, 0.3) is 0 Å². The van der Waals surface area contributed by atoms with E-state index in [4.69, 9.17) is 0 Å². The van der Waals surface area contributed by atoms with Crippen molar-refractivity contribution in [3.05, 3.63) is 66.0 Å². The molecule has 0 unspecified atom stereocenters. The van der Waals surface area contributed by atoms with Crippen LogP contribution in [0.2, 0.25) is 0 Å². The Hall–Kier alpha value is -2.44. The average Bonchev–Trinajstić information content (AvgIpc) is 2.89. The van der Waals surface area contributed by atoms with Crippen molar-refractivity contribution in [1.29, 1.82) is 0 Å². The van der Waals surface area contributed by atoms with Crippen molar-refractivity contribution >= 4 is 15.2 Å². The lowest BCUT2D eigenvalue weighted by Crippen LogP contribution is -2.43. The van der Waals surface area contributed by atoms with Crippen LogP contribution in [0.4, 0.5) is 5.69 Å². The number of nitrogens with zero attached hydrogens (tertiary/aromatic N) is 2. The highest BCUT2D eigenvalue weighted by atomic mass is 32.3. The molecule has 2 aromatic carbocycles. The third-order valence-electron chi connectivity index (χ3n) is 4.80. The number of rotatable bonds is 5. The summed E-state index contributed by atoms with van der Waals surface area (Å²) in [6.45, 7) is 5.43. The molecule has 5 nitrogen and oxygen atoms in total. The lowest BCUT2D eigenvalue weighted by Gasteiger charge is -2.43. The lowest BCUT2D eigenvalue weighted by atomic mass is 10.1. The highest BCUT2D eigenvalue weighted by Gasteiger charge is 2.30. The van der Waals surface area contributed by atoms with Crippen LogP contribution in [0.15, 0.2) is 59.5 Å². The molecule has 0 radical (unpaired) electrons. The molecule has 138 valence electrons. The minimum absolute atomic E-state index is 0.0651. The molecule has 0 aliphatic rings. The molecule has 0 atom stereocenters. The van der Waals surface area contributed by atoms with Crippen LogP contribution in [0.5, 0.6) is 0 Å². The van der Waals surface area contributed by atoms with Crippen molar-refractivity contribution in [3.8, 4) is 11.1 Å². The lowest BCUT2D eigenvalue weighted by molar-refractivity contribution is 0.519. The molecular weight excluding hydrogens is 346 g/mol. The van der Waals surface area contributed by atoms with Crippen LogP contribution < -0.4 is 4.72 Å². The Morgan fingerprint density at radius 1 is 1.04 bits per heavy atom. The summed E-state index contributed by atoms with van der Waals surface area (Å²) >= 11 is 0. The Kier molecular flexibility index (Phi) is 4.50. The second kappa shape index (κ2) is 6.37. The van der Waals surface area contributed by atoms with Gasteiger partial charge < -0.3 is 0 Å². The van der Waals surface area contributed by atoms with Crippen LogP contribution in [-0.4, -0.2) is 24.3 Å². The van der Waals surface area contributed by atoms with E-state index < -0.39 is 9.53 Å². The van der Waals surface area contributed by atoms with Gasteiger partial charge in [-0.25, -0.2) is 0 Å². The van der Waals surface area contributed by atoms with Gasteiger partial charge in [-0.1, -0.05) is 42.5 Å². The maximum Gasteiger partial charge on any atom is 0.0971 e. The van der Waals surface area contributed by atoms with Crippen LogP contribution in [0, 0.1) is 13.8 Å². The molecule has 0 fully saturated rings. The normalized spacial score (nSPS) is 13.2. The van der Waals surface area contributed by atoms with Gasteiger partial charge in [-0.05, 0) is 44.0 Å². The van der Waals surface area contributed by atoms with E-state index in [9.17, 15) is 8.76 Å². The summed E-state index contributed by atoms with van der Waals surface area (Å²) in [7, 11) is -2.44. The van der Waals surface area contributed by atoms with E-state index in [0.29, 0.717) is 16.3 Å². The quantitative estimate of drug-likeness (QED) is 0.698. The predicted octanol–water partition coefficient (Wildman–Crippen LogP) is 4.40. The number of anilines is 1. The maximum atomic E-state index is 13.7. The van der Waals surface area contributed by atoms with Gasteiger partial charge in [0.15, 0.2) is 0 Å². The summed E-state index contributed by atoms with van der Waals surface area (Å²) in [6, 6.07) is 17.2. The average molecular weight is 372 g/mol. The van der Waals surface area contributed by atoms with E-state index in [1.807, 2.05) is 63.4 Å². The van der Waals surface area contributed by atoms with Crippen LogP contribution in [0.1, 0.15) is 18.3 Å². The monoisotopic (exact) mass is 371 g/mol. The molecular formula is C20H25N3O2S. The molecule has 1 aromatic heterocycles. The summed E-state index contributed by atoms with van der Waals surface area (Å²) in [4.78, 5) is 0.381. The van der Waals surface area contributed by atoms with E-state index in [1.165, 1.54) is 0 Å². The molecule has 2 N–H and O–H groups in total. The third-order valence-corrected chi connectivity index (χ3v) is 7.75. The fourth-order valence-electron chi connectivity index (χ4n) is 2.99. The fourth-order valence-corrected chi connectivity index (χ4v) is 5.00. The first-order valence-electron chi connectivity index (χ1n) is 8.58. The number of benzene rings is 2. The maximum absolute atomic E-state index is 13.7. The molecule has 6 heteroatoms. The molecule has 0 aliphatic heterocycles.